The van der Waals surface area contributed by atoms with Crippen LogP contribution in [-0.2, 0) is 40.2 Å². The molecular formula is C27H28N2O8S2. The lowest BCUT2D eigenvalue weighted by Gasteiger charge is -2.44. The van der Waals surface area contributed by atoms with Gasteiger partial charge in [0.15, 0.2) is 0 Å². The summed E-state index contributed by atoms with van der Waals surface area (Å²) in [5.41, 5.74) is 1.57. The summed E-state index contributed by atoms with van der Waals surface area (Å²) in [6, 6.07) is 8.98. The average Bonchev–Trinajstić information content (AvgIpc) is 3.34. The maximum absolute atomic E-state index is 13.8. The average molecular weight is 573 g/mol. The molecule has 3 unspecified atom stereocenters. The van der Waals surface area contributed by atoms with Crippen LogP contribution in [-0.4, -0.2) is 63.1 Å². The predicted octanol–water partition coefficient (Wildman–Crippen LogP) is 3.94. The van der Waals surface area contributed by atoms with Gasteiger partial charge in [-0.3, -0.25) is 14.0 Å². The Kier molecular flexibility index (Phi) is 7.10. The first-order valence-electron chi connectivity index (χ1n) is 12.5. The highest BCUT2D eigenvalue weighted by Crippen LogP contribution is 2.53. The van der Waals surface area contributed by atoms with Crippen molar-refractivity contribution in [1.29, 1.82) is 0 Å². The molecule has 0 aliphatic carbocycles. The second kappa shape index (κ2) is 10.2. The number of β-lactam (4-membered cyclic amide) rings is 1. The van der Waals surface area contributed by atoms with Gasteiger partial charge in [0.25, 0.3) is 10.0 Å². The van der Waals surface area contributed by atoms with Crippen LogP contribution in [0, 0.1) is 5.92 Å². The van der Waals surface area contributed by atoms with Crippen molar-refractivity contribution in [1.82, 2.24) is 4.90 Å². The fraction of sp³-hybridized carbons (Fsp3) is 0.370. The number of thioether (sulfide) groups is 1. The minimum absolute atomic E-state index is 0.0108. The largest absolute Gasteiger partial charge is 0.508 e. The summed E-state index contributed by atoms with van der Waals surface area (Å²) in [4.78, 5) is 39.8. The Morgan fingerprint density at radius 3 is 2.69 bits per heavy atom. The van der Waals surface area contributed by atoms with Gasteiger partial charge in [-0.05, 0) is 36.4 Å². The smallest absolute Gasteiger partial charge is 0.457 e. The Hall–Kier alpha value is -3.51. The molecule has 0 bridgehead atoms. The van der Waals surface area contributed by atoms with Gasteiger partial charge in [-0.1, -0.05) is 56.0 Å². The number of nitrogens with zero attached hydrogens (tertiary/aromatic N) is 2. The third-order valence-corrected chi connectivity index (χ3v) is 10.2. The number of hydrogen-bond acceptors (Lipinski definition) is 9. The molecule has 0 N–H and O–H groups in total. The Morgan fingerprint density at radius 2 is 2.00 bits per heavy atom. The van der Waals surface area contributed by atoms with E-state index < -0.39 is 45.5 Å². The third kappa shape index (κ3) is 4.26. The maximum Gasteiger partial charge on any atom is 0.508 e. The van der Waals surface area contributed by atoms with Gasteiger partial charge in [-0.2, -0.15) is 0 Å². The minimum Gasteiger partial charge on any atom is -0.457 e. The summed E-state index contributed by atoms with van der Waals surface area (Å²) in [5, 5.41) is 0.961. The van der Waals surface area contributed by atoms with Gasteiger partial charge in [0.1, 0.15) is 29.7 Å². The van der Waals surface area contributed by atoms with E-state index in [1.807, 2.05) is 18.2 Å². The molecule has 12 heteroatoms. The summed E-state index contributed by atoms with van der Waals surface area (Å²) < 4.78 is 43.8. The molecule has 3 heterocycles. The van der Waals surface area contributed by atoms with Crippen LogP contribution in [0.4, 0.5) is 10.5 Å². The number of sulfonamides is 1. The molecule has 1 amide bonds. The normalized spacial score (nSPS) is 21.5. The molecule has 3 atom stereocenters. The molecule has 2 aromatic rings. The number of amides is 1. The summed E-state index contributed by atoms with van der Waals surface area (Å²) in [7, 11) is -2.76. The van der Waals surface area contributed by atoms with Crippen molar-refractivity contribution in [2.75, 3.05) is 24.6 Å². The first kappa shape index (κ1) is 27.1. The van der Waals surface area contributed by atoms with Crippen LogP contribution in [0.5, 0.6) is 0 Å². The number of methoxy groups -OCH3 is 1. The fourth-order valence-electron chi connectivity index (χ4n) is 5.29. The van der Waals surface area contributed by atoms with Gasteiger partial charge in [0, 0.05) is 10.3 Å². The number of carbonyl (C=O) groups excluding carboxylic acids is 3. The van der Waals surface area contributed by atoms with Gasteiger partial charge in [-0.25, -0.2) is 18.0 Å². The van der Waals surface area contributed by atoms with Crippen molar-refractivity contribution in [2.24, 2.45) is 5.92 Å². The lowest BCUT2D eigenvalue weighted by atomic mass is 9.92. The molecule has 0 spiro atoms. The van der Waals surface area contributed by atoms with E-state index >= 15 is 0 Å². The molecule has 1 fully saturated rings. The van der Waals surface area contributed by atoms with Gasteiger partial charge in [-0.15, -0.1) is 0 Å². The fourth-order valence-corrected chi connectivity index (χ4v) is 8.62. The first-order valence-corrected chi connectivity index (χ1v) is 14.8. The molecule has 0 aromatic heterocycles. The van der Waals surface area contributed by atoms with Gasteiger partial charge < -0.3 is 14.2 Å². The second-order valence-corrected chi connectivity index (χ2v) is 12.4. The highest BCUT2D eigenvalue weighted by Gasteiger charge is 2.59. The van der Waals surface area contributed by atoms with Crippen LogP contribution in [0.3, 0.4) is 0 Å². The molecular weight excluding hydrogens is 544 g/mol. The van der Waals surface area contributed by atoms with E-state index in [0.717, 1.165) is 23.8 Å². The van der Waals surface area contributed by atoms with E-state index in [9.17, 15) is 22.8 Å². The predicted molar refractivity (Wildman–Crippen MR) is 145 cm³/mol. The zero-order valence-electron chi connectivity index (χ0n) is 21.7. The number of hydrogen-bond donors (Lipinski definition) is 0. The van der Waals surface area contributed by atoms with E-state index in [4.69, 9.17) is 9.47 Å². The van der Waals surface area contributed by atoms with Crippen LogP contribution >= 0.6 is 11.8 Å². The molecule has 0 radical (unpaired) electrons. The summed E-state index contributed by atoms with van der Waals surface area (Å²) >= 11 is 1.19. The van der Waals surface area contributed by atoms with Crippen molar-refractivity contribution >= 4 is 56.3 Å². The van der Waals surface area contributed by atoms with Gasteiger partial charge >= 0.3 is 12.1 Å². The van der Waals surface area contributed by atoms with Crippen molar-refractivity contribution in [2.45, 2.75) is 43.1 Å². The molecule has 206 valence electrons. The number of fused-ring (bicyclic) bond motifs is 1. The van der Waals surface area contributed by atoms with Crippen molar-refractivity contribution < 1.29 is 37.0 Å². The highest BCUT2D eigenvalue weighted by atomic mass is 32.2. The molecule has 5 rings (SSSR count). The highest BCUT2D eigenvalue weighted by molar-refractivity contribution is 8.04. The number of anilines is 1. The molecule has 39 heavy (non-hydrogen) atoms. The van der Waals surface area contributed by atoms with E-state index in [2.05, 4.69) is 18.2 Å². The molecule has 3 aliphatic heterocycles. The van der Waals surface area contributed by atoms with Crippen LogP contribution in [0.1, 0.15) is 25.8 Å². The number of carbonyl (C=O) groups is 3. The van der Waals surface area contributed by atoms with Crippen molar-refractivity contribution in [3.8, 4) is 0 Å². The summed E-state index contributed by atoms with van der Waals surface area (Å²) in [6.07, 6.45) is 1.38. The first-order chi connectivity index (χ1) is 18.6. The lowest BCUT2D eigenvalue weighted by molar-refractivity contribution is -0.158. The number of benzene rings is 2. The number of esters is 1. The minimum atomic E-state index is -3.93. The molecule has 2 aromatic carbocycles. The van der Waals surface area contributed by atoms with Crippen LogP contribution in [0.25, 0.3) is 10.8 Å². The van der Waals surface area contributed by atoms with Crippen LogP contribution in [0.2, 0.25) is 0 Å². The van der Waals surface area contributed by atoms with E-state index in [-0.39, 0.29) is 23.7 Å². The number of ether oxygens (including phenoxy) is 3. The molecule has 3 aliphatic rings. The second-order valence-electron chi connectivity index (χ2n) is 9.36. The van der Waals surface area contributed by atoms with Gasteiger partial charge in [0.05, 0.1) is 24.2 Å². The summed E-state index contributed by atoms with van der Waals surface area (Å²) in [6.45, 7) is 6.95. The van der Waals surface area contributed by atoms with Crippen LogP contribution < -0.4 is 4.31 Å². The Labute approximate surface area is 230 Å². The number of aryl methyl sites for hydroxylation is 1. The molecule has 0 saturated carbocycles. The van der Waals surface area contributed by atoms with E-state index in [1.165, 1.54) is 34.2 Å². The lowest BCUT2D eigenvalue weighted by Crippen LogP contribution is -2.61. The standard InChI is InChI=1S/C27H28N2O8S2/c1-5-8-16-11-12-20-22-17(16)9-7-10-18(22)28(39(20,33)34)14-19-23(26(31)36-13-6-2)29-24(30)21(25(29)38-19)15(3)37-27(32)35-4/h6-7,9-12,15,21,25H,2,5,8,13-14H2,1,3-4H3. The SMILES string of the molecule is C=CCOC(=O)C1=C(CN2c3cccc4c(CCC)ccc(c34)S2(=O)=O)SC2C(C(C)OC(=O)OC)C(=O)N12. The summed E-state index contributed by atoms with van der Waals surface area (Å²) in [5.74, 6) is -1.93. The van der Waals surface area contributed by atoms with Crippen LogP contribution in [0.15, 0.2) is 58.5 Å². The van der Waals surface area contributed by atoms with Crippen molar-refractivity contribution in [3.05, 3.63) is 59.2 Å². The Balaban J connectivity index is 1.53. The van der Waals surface area contributed by atoms with E-state index in [0.29, 0.717) is 16.0 Å². The maximum atomic E-state index is 13.8. The molecule has 1 saturated heterocycles. The quantitative estimate of drug-likeness (QED) is 0.250. The van der Waals surface area contributed by atoms with Crippen molar-refractivity contribution in [3.63, 3.8) is 0 Å². The monoisotopic (exact) mass is 572 g/mol. The molecule has 10 nitrogen and oxygen atoms in total. The Bertz CT molecular complexity index is 1530. The third-order valence-electron chi connectivity index (χ3n) is 7.05. The zero-order chi connectivity index (χ0) is 28.1. The Morgan fingerprint density at radius 1 is 1.23 bits per heavy atom. The van der Waals surface area contributed by atoms with E-state index in [1.54, 1.807) is 19.1 Å². The topological polar surface area (TPSA) is 120 Å². The van der Waals surface area contributed by atoms with Gasteiger partial charge in [0.2, 0.25) is 5.91 Å². The number of rotatable bonds is 9. The zero-order valence-corrected chi connectivity index (χ0v) is 23.3.